The third kappa shape index (κ3) is 5.51. The maximum atomic E-state index is 13.0. The summed E-state index contributed by atoms with van der Waals surface area (Å²) in [4.78, 5) is 38.7. The van der Waals surface area contributed by atoms with Gasteiger partial charge in [0.2, 0.25) is 5.91 Å². The number of nitrogens with zero attached hydrogens (tertiary/aromatic N) is 1. The van der Waals surface area contributed by atoms with E-state index in [-0.39, 0.29) is 0 Å². The highest BCUT2D eigenvalue weighted by molar-refractivity contribution is 6.22. The van der Waals surface area contributed by atoms with Crippen LogP contribution in [0.3, 0.4) is 0 Å². The first-order valence-electron chi connectivity index (χ1n) is 10.2. The van der Waals surface area contributed by atoms with E-state index >= 15 is 0 Å². The molecule has 2 amide bonds. The van der Waals surface area contributed by atoms with Crippen LogP contribution in [0.2, 0.25) is 0 Å². The summed E-state index contributed by atoms with van der Waals surface area (Å²) >= 11 is 0. The van der Waals surface area contributed by atoms with Gasteiger partial charge in [-0.25, -0.2) is 4.79 Å². The molecule has 3 rings (SSSR count). The van der Waals surface area contributed by atoms with Gasteiger partial charge in [0.1, 0.15) is 11.8 Å². The lowest BCUT2D eigenvalue weighted by Crippen LogP contribution is -2.51. The molecule has 2 aromatic carbocycles. The predicted octanol–water partition coefficient (Wildman–Crippen LogP) is 2.65. The number of carbonyl (C=O) groups is 3. The fraction of sp³-hybridized carbons (Fsp3) is 0.292. The first-order valence-corrected chi connectivity index (χ1v) is 10.2. The smallest absolute Gasteiger partial charge is 0.339 e. The van der Waals surface area contributed by atoms with Gasteiger partial charge in [-0.3, -0.25) is 9.59 Å². The topological polar surface area (TPSA) is 98.9 Å². The Morgan fingerprint density at radius 3 is 2.48 bits per heavy atom. The van der Waals surface area contributed by atoms with E-state index in [1.54, 1.807) is 31.4 Å². The summed E-state index contributed by atoms with van der Waals surface area (Å²) in [6.45, 7) is -0.0364. The molecule has 1 saturated heterocycles. The standard InChI is InChI=1S/C24H26N2O5/c1-30-21-13-6-5-11-18(21)15-19(17-9-3-2-4-10-17)24(29)31-16-22(27)26-14-8-7-12-20(26)23(25)28/h2-6,9-11,13,15,20H,7-8,12,14,16H2,1H3,(H2,25,28)/b19-15+/t20-/m0/s1. The van der Waals surface area contributed by atoms with E-state index in [1.165, 1.54) is 4.90 Å². The molecule has 0 unspecified atom stereocenters. The van der Waals surface area contributed by atoms with Crippen molar-refractivity contribution in [3.05, 3.63) is 65.7 Å². The molecule has 31 heavy (non-hydrogen) atoms. The van der Waals surface area contributed by atoms with Crippen LogP contribution in [0.25, 0.3) is 11.6 Å². The van der Waals surface area contributed by atoms with E-state index < -0.39 is 30.4 Å². The molecule has 1 fully saturated rings. The van der Waals surface area contributed by atoms with Crippen LogP contribution in [0.5, 0.6) is 5.75 Å². The number of hydrogen-bond donors (Lipinski definition) is 1. The van der Waals surface area contributed by atoms with Gasteiger partial charge < -0.3 is 20.1 Å². The number of amides is 2. The molecule has 0 aliphatic carbocycles. The van der Waals surface area contributed by atoms with Gasteiger partial charge in [-0.15, -0.1) is 0 Å². The highest BCUT2D eigenvalue weighted by Crippen LogP contribution is 2.25. The van der Waals surface area contributed by atoms with Crippen LogP contribution in [0.4, 0.5) is 0 Å². The number of ether oxygens (including phenoxy) is 2. The first kappa shape index (κ1) is 22.1. The molecule has 2 aromatic rings. The third-order valence-electron chi connectivity index (χ3n) is 5.22. The summed E-state index contributed by atoms with van der Waals surface area (Å²) < 4.78 is 10.7. The highest BCUT2D eigenvalue weighted by Gasteiger charge is 2.31. The van der Waals surface area contributed by atoms with Crippen molar-refractivity contribution in [2.24, 2.45) is 5.73 Å². The molecule has 2 N–H and O–H groups in total. The zero-order valence-electron chi connectivity index (χ0n) is 17.5. The van der Waals surface area contributed by atoms with Gasteiger partial charge in [0.25, 0.3) is 5.91 Å². The predicted molar refractivity (Wildman–Crippen MR) is 117 cm³/mol. The summed E-state index contributed by atoms with van der Waals surface area (Å²) in [7, 11) is 1.56. The molecular formula is C24H26N2O5. The number of piperidine rings is 1. The largest absolute Gasteiger partial charge is 0.496 e. The minimum Gasteiger partial charge on any atom is -0.496 e. The van der Waals surface area contributed by atoms with Crippen molar-refractivity contribution in [3.8, 4) is 5.75 Å². The zero-order valence-corrected chi connectivity index (χ0v) is 17.5. The number of nitrogens with two attached hydrogens (primary N) is 1. The monoisotopic (exact) mass is 422 g/mol. The first-order chi connectivity index (χ1) is 15.0. The molecule has 0 radical (unpaired) electrons. The second-order valence-electron chi connectivity index (χ2n) is 7.24. The van der Waals surface area contributed by atoms with Crippen LogP contribution < -0.4 is 10.5 Å². The Labute approximate surface area is 181 Å². The summed E-state index contributed by atoms with van der Waals surface area (Å²) in [6, 6.07) is 15.7. The molecule has 0 aromatic heterocycles. The summed E-state index contributed by atoms with van der Waals surface area (Å²) in [6.07, 6.45) is 3.81. The molecular weight excluding hydrogens is 396 g/mol. The fourth-order valence-corrected chi connectivity index (χ4v) is 3.63. The minimum atomic E-state index is -0.655. The van der Waals surface area contributed by atoms with Crippen molar-refractivity contribution in [2.75, 3.05) is 20.3 Å². The van der Waals surface area contributed by atoms with Crippen LogP contribution >= 0.6 is 0 Å². The maximum absolute atomic E-state index is 13.0. The van der Waals surface area contributed by atoms with E-state index in [0.29, 0.717) is 35.4 Å². The Morgan fingerprint density at radius 2 is 1.77 bits per heavy atom. The number of carbonyl (C=O) groups excluding carboxylic acids is 3. The average Bonchev–Trinajstić information content (AvgIpc) is 2.81. The van der Waals surface area contributed by atoms with Crippen molar-refractivity contribution in [1.82, 2.24) is 4.90 Å². The number of likely N-dealkylation sites (tertiary alicyclic amines) is 1. The summed E-state index contributed by atoms with van der Waals surface area (Å²) in [5, 5.41) is 0. The minimum absolute atomic E-state index is 0.294. The molecule has 7 heteroatoms. The van der Waals surface area contributed by atoms with Gasteiger partial charge in [0.05, 0.1) is 12.7 Å². The Hall–Kier alpha value is -3.61. The van der Waals surface area contributed by atoms with Crippen molar-refractivity contribution in [1.29, 1.82) is 0 Å². The fourth-order valence-electron chi connectivity index (χ4n) is 3.63. The van der Waals surface area contributed by atoms with Gasteiger partial charge in [0.15, 0.2) is 6.61 Å². The van der Waals surface area contributed by atoms with Crippen molar-refractivity contribution >= 4 is 29.4 Å². The molecule has 1 aliphatic rings. The van der Waals surface area contributed by atoms with Gasteiger partial charge in [-0.2, -0.15) is 0 Å². The number of methoxy groups -OCH3 is 1. The van der Waals surface area contributed by atoms with Gasteiger partial charge >= 0.3 is 5.97 Å². The maximum Gasteiger partial charge on any atom is 0.339 e. The van der Waals surface area contributed by atoms with Crippen LogP contribution in [-0.2, 0) is 19.1 Å². The molecule has 162 valence electrons. The number of primary amides is 1. The molecule has 1 aliphatic heterocycles. The van der Waals surface area contributed by atoms with Crippen LogP contribution in [-0.4, -0.2) is 49.0 Å². The number of esters is 1. The number of para-hydroxylation sites is 1. The lowest BCUT2D eigenvalue weighted by molar-refractivity contribution is -0.151. The molecule has 1 heterocycles. The average molecular weight is 422 g/mol. The van der Waals surface area contributed by atoms with Crippen LogP contribution in [0, 0.1) is 0 Å². The SMILES string of the molecule is COc1ccccc1/C=C(/C(=O)OCC(=O)N1CCCC[C@H]1C(N)=O)c1ccccc1. The highest BCUT2D eigenvalue weighted by atomic mass is 16.5. The van der Waals surface area contributed by atoms with E-state index in [2.05, 4.69) is 0 Å². The van der Waals surface area contributed by atoms with Gasteiger partial charge in [-0.1, -0.05) is 48.5 Å². The second kappa shape index (κ2) is 10.4. The molecule has 0 saturated carbocycles. The lowest BCUT2D eigenvalue weighted by atomic mass is 10.0. The summed E-state index contributed by atoms with van der Waals surface area (Å²) in [5.41, 5.74) is 7.08. The quantitative estimate of drug-likeness (QED) is 0.420. The van der Waals surface area contributed by atoms with Crippen molar-refractivity contribution < 1.29 is 23.9 Å². The Bertz CT molecular complexity index is 971. The Kier molecular flexibility index (Phi) is 7.43. The van der Waals surface area contributed by atoms with E-state index in [4.69, 9.17) is 15.2 Å². The van der Waals surface area contributed by atoms with Gasteiger partial charge in [0, 0.05) is 12.1 Å². The summed E-state index contributed by atoms with van der Waals surface area (Å²) in [5.74, 6) is -1.00. The second-order valence-corrected chi connectivity index (χ2v) is 7.24. The lowest BCUT2D eigenvalue weighted by Gasteiger charge is -2.33. The zero-order chi connectivity index (χ0) is 22.2. The molecule has 7 nitrogen and oxygen atoms in total. The Morgan fingerprint density at radius 1 is 1.06 bits per heavy atom. The molecule has 1 atom stereocenters. The normalized spacial score (nSPS) is 16.5. The molecule has 0 bridgehead atoms. The molecule has 0 spiro atoms. The van der Waals surface area contributed by atoms with Crippen molar-refractivity contribution in [2.45, 2.75) is 25.3 Å². The number of hydrogen-bond acceptors (Lipinski definition) is 5. The van der Waals surface area contributed by atoms with Crippen LogP contribution in [0.1, 0.15) is 30.4 Å². The van der Waals surface area contributed by atoms with Crippen LogP contribution in [0.15, 0.2) is 54.6 Å². The van der Waals surface area contributed by atoms with E-state index in [0.717, 1.165) is 12.8 Å². The number of rotatable bonds is 7. The van der Waals surface area contributed by atoms with E-state index in [1.807, 2.05) is 36.4 Å². The van der Waals surface area contributed by atoms with Gasteiger partial charge in [-0.05, 0) is 37.0 Å². The number of benzene rings is 2. The third-order valence-corrected chi connectivity index (χ3v) is 5.22. The Balaban J connectivity index is 1.80. The van der Waals surface area contributed by atoms with Crippen molar-refractivity contribution in [3.63, 3.8) is 0 Å². The van der Waals surface area contributed by atoms with E-state index in [9.17, 15) is 14.4 Å².